The van der Waals surface area contributed by atoms with Crippen molar-refractivity contribution in [3.8, 4) is 0 Å². The van der Waals surface area contributed by atoms with Crippen LogP contribution in [0, 0.1) is 0 Å². The maximum atomic E-state index is 12.1. The number of para-hydroxylation sites is 1. The Balaban J connectivity index is 2.03. The van der Waals surface area contributed by atoms with E-state index in [4.69, 9.17) is 0 Å². The van der Waals surface area contributed by atoms with Gasteiger partial charge >= 0.3 is 0 Å². The standard InChI is InChI=1S/C15H9Br2NO2/c16-10-4-1-3-9(7-10)8-18-13-11(14(19)15(18)20)5-2-6-12(13)17/h1-7H,8H2. The van der Waals surface area contributed by atoms with Gasteiger partial charge in [0.15, 0.2) is 0 Å². The maximum Gasteiger partial charge on any atom is 0.299 e. The molecule has 0 saturated carbocycles. The number of anilines is 1. The molecule has 0 atom stereocenters. The Labute approximate surface area is 132 Å². The smallest absolute Gasteiger partial charge is 0.299 e. The van der Waals surface area contributed by atoms with Crippen LogP contribution >= 0.6 is 31.9 Å². The summed E-state index contributed by atoms with van der Waals surface area (Å²) in [4.78, 5) is 25.7. The average Bonchev–Trinajstić information content (AvgIpc) is 2.66. The second-order valence-corrected chi connectivity index (χ2v) is 6.26. The van der Waals surface area contributed by atoms with Crippen molar-refractivity contribution in [3.05, 3.63) is 62.5 Å². The summed E-state index contributed by atoms with van der Waals surface area (Å²) in [5, 5.41) is 0. The summed E-state index contributed by atoms with van der Waals surface area (Å²) in [6.07, 6.45) is 0. The molecule has 3 nitrogen and oxygen atoms in total. The summed E-state index contributed by atoms with van der Waals surface area (Å²) in [6.45, 7) is 0.375. The molecule has 3 rings (SSSR count). The van der Waals surface area contributed by atoms with Crippen molar-refractivity contribution in [2.75, 3.05) is 4.90 Å². The minimum atomic E-state index is -0.480. The van der Waals surface area contributed by atoms with E-state index in [2.05, 4.69) is 31.9 Å². The number of nitrogens with zero attached hydrogens (tertiary/aromatic N) is 1. The third-order valence-corrected chi connectivity index (χ3v) is 4.30. The van der Waals surface area contributed by atoms with Gasteiger partial charge in [0.25, 0.3) is 11.7 Å². The molecule has 0 radical (unpaired) electrons. The number of amides is 1. The highest BCUT2D eigenvalue weighted by Crippen LogP contribution is 2.36. The van der Waals surface area contributed by atoms with Crippen LogP contribution in [0.4, 0.5) is 5.69 Å². The zero-order valence-electron chi connectivity index (χ0n) is 10.3. The lowest BCUT2D eigenvalue weighted by Gasteiger charge is -2.18. The van der Waals surface area contributed by atoms with E-state index >= 15 is 0 Å². The predicted octanol–water partition coefficient (Wildman–Crippen LogP) is 3.94. The number of carbonyl (C=O) groups excluding carboxylic acids is 2. The van der Waals surface area contributed by atoms with E-state index < -0.39 is 11.7 Å². The minimum Gasteiger partial charge on any atom is -0.299 e. The van der Waals surface area contributed by atoms with E-state index in [0.29, 0.717) is 17.8 Å². The van der Waals surface area contributed by atoms with Crippen molar-refractivity contribution in [2.45, 2.75) is 6.54 Å². The summed E-state index contributed by atoms with van der Waals surface area (Å²) in [5.41, 5.74) is 2.07. The average molecular weight is 395 g/mol. The summed E-state index contributed by atoms with van der Waals surface area (Å²) in [6, 6.07) is 13.0. The van der Waals surface area contributed by atoms with Crippen LogP contribution in [0.3, 0.4) is 0 Å². The van der Waals surface area contributed by atoms with E-state index in [1.54, 1.807) is 12.1 Å². The molecule has 0 fully saturated rings. The number of benzene rings is 2. The molecule has 0 N–H and O–H groups in total. The molecule has 0 bridgehead atoms. The van der Waals surface area contributed by atoms with Crippen LogP contribution in [0.1, 0.15) is 15.9 Å². The Morgan fingerprint density at radius 3 is 2.50 bits per heavy atom. The number of fused-ring (bicyclic) bond motifs is 1. The Bertz CT molecular complexity index is 728. The number of halogens is 2. The quantitative estimate of drug-likeness (QED) is 0.723. The summed E-state index contributed by atoms with van der Waals surface area (Å²) >= 11 is 6.82. The van der Waals surface area contributed by atoms with Gasteiger partial charge < -0.3 is 0 Å². The second kappa shape index (κ2) is 5.14. The van der Waals surface area contributed by atoms with Crippen molar-refractivity contribution in [1.29, 1.82) is 0 Å². The number of rotatable bonds is 2. The molecule has 0 aliphatic carbocycles. The molecule has 0 unspecified atom stereocenters. The molecule has 0 aromatic heterocycles. The third kappa shape index (κ3) is 2.21. The molecule has 20 heavy (non-hydrogen) atoms. The molecule has 0 spiro atoms. The van der Waals surface area contributed by atoms with E-state index in [-0.39, 0.29) is 0 Å². The highest BCUT2D eigenvalue weighted by atomic mass is 79.9. The SMILES string of the molecule is O=C1C(=O)N(Cc2cccc(Br)c2)c2c(Br)cccc21. The maximum absolute atomic E-state index is 12.1. The fourth-order valence-corrected chi connectivity index (χ4v) is 3.31. The number of hydrogen-bond donors (Lipinski definition) is 0. The lowest BCUT2D eigenvalue weighted by atomic mass is 10.1. The van der Waals surface area contributed by atoms with Crippen LogP contribution < -0.4 is 4.90 Å². The molecule has 2 aromatic rings. The van der Waals surface area contributed by atoms with E-state index in [1.807, 2.05) is 30.3 Å². The first kappa shape index (κ1) is 13.5. The Morgan fingerprint density at radius 2 is 1.75 bits per heavy atom. The van der Waals surface area contributed by atoms with Crippen LogP contribution in [0.2, 0.25) is 0 Å². The topological polar surface area (TPSA) is 37.4 Å². The summed E-state index contributed by atoms with van der Waals surface area (Å²) in [5.74, 6) is -0.928. The van der Waals surface area contributed by atoms with Gasteiger partial charge in [-0.25, -0.2) is 0 Å². The van der Waals surface area contributed by atoms with Gasteiger partial charge in [0, 0.05) is 8.95 Å². The number of carbonyl (C=O) groups is 2. The molecule has 5 heteroatoms. The Morgan fingerprint density at radius 1 is 1.00 bits per heavy atom. The lowest BCUT2D eigenvalue weighted by Crippen LogP contribution is -2.29. The van der Waals surface area contributed by atoms with Gasteiger partial charge in [-0.15, -0.1) is 0 Å². The molecular weight excluding hydrogens is 386 g/mol. The Kier molecular flexibility index (Phi) is 3.48. The largest absolute Gasteiger partial charge is 0.299 e. The van der Waals surface area contributed by atoms with Crippen LogP contribution in [0.15, 0.2) is 51.4 Å². The van der Waals surface area contributed by atoms with Crippen molar-refractivity contribution < 1.29 is 9.59 Å². The highest BCUT2D eigenvalue weighted by Gasteiger charge is 2.37. The van der Waals surface area contributed by atoms with Crippen molar-refractivity contribution in [3.63, 3.8) is 0 Å². The van der Waals surface area contributed by atoms with Gasteiger partial charge in [-0.1, -0.05) is 34.1 Å². The zero-order valence-corrected chi connectivity index (χ0v) is 13.4. The zero-order chi connectivity index (χ0) is 14.3. The molecular formula is C15H9Br2NO2. The van der Waals surface area contributed by atoms with Crippen molar-refractivity contribution >= 4 is 49.2 Å². The van der Waals surface area contributed by atoms with Crippen molar-refractivity contribution in [1.82, 2.24) is 0 Å². The third-order valence-electron chi connectivity index (χ3n) is 3.17. The van der Waals surface area contributed by atoms with Gasteiger partial charge in [-0.2, -0.15) is 0 Å². The molecule has 1 heterocycles. The van der Waals surface area contributed by atoms with E-state index in [9.17, 15) is 9.59 Å². The van der Waals surface area contributed by atoms with Crippen LogP contribution in [0.25, 0.3) is 0 Å². The number of hydrogen-bond acceptors (Lipinski definition) is 2. The Hall–Kier alpha value is -1.46. The fraction of sp³-hybridized carbons (Fsp3) is 0.0667. The molecule has 2 aromatic carbocycles. The van der Waals surface area contributed by atoms with Gasteiger partial charge in [0.2, 0.25) is 0 Å². The second-order valence-electron chi connectivity index (χ2n) is 4.49. The van der Waals surface area contributed by atoms with Gasteiger partial charge in [-0.3, -0.25) is 14.5 Å². The predicted molar refractivity (Wildman–Crippen MR) is 83.8 cm³/mol. The van der Waals surface area contributed by atoms with Crippen LogP contribution in [-0.4, -0.2) is 11.7 Å². The van der Waals surface area contributed by atoms with Gasteiger partial charge in [0.05, 0.1) is 17.8 Å². The first-order chi connectivity index (χ1) is 9.58. The monoisotopic (exact) mass is 393 g/mol. The fourth-order valence-electron chi connectivity index (χ4n) is 2.28. The molecule has 1 amide bonds. The summed E-state index contributed by atoms with van der Waals surface area (Å²) < 4.78 is 1.70. The van der Waals surface area contributed by atoms with Gasteiger partial charge in [0.1, 0.15) is 0 Å². The minimum absolute atomic E-state index is 0.375. The van der Waals surface area contributed by atoms with Crippen LogP contribution in [-0.2, 0) is 11.3 Å². The normalized spacial score (nSPS) is 13.8. The molecule has 100 valence electrons. The summed E-state index contributed by atoms with van der Waals surface area (Å²) in [7, 11) is 0. The molecule has 1 aliphatic rings. The van der Waals surface area contributed by atoms with E-state index in [1.165, 1.54) is 4.90 Å². The highest BCUT2D eigenvalue weighted by molar-refractivity contribution is 9.10. The van der Waals surface area contributed by atoms with E-state index in [0.717, 1.165) is 14.5 Å². The van der Waals surface area contributed by atoms with Crippen LogP contribution in [0.5, 0.6) is 0 Å². The molecule has 1 aliphatic heterocycles. The molecule has 0 saturated heterocycles. The first-order valence-electron chi connectivity index (χ1n) is 5.97. The first-order valence-corrected chi connectivity index (χ1v) is 7.55. The number of ketones is 1. The van der Waals surface area contributed by atoms with Crippen molar-refractivity contribution in [2.24, 2.45) is 0 Å². The number of Topliss-reactive ketones (excluding diaryl/α,β-unsaturated/α-hetero) is 1. The van der Waals surface area contributed by atoms with Gasteiger partial charge in [-0.05, 0) is 45.8 Å². The lowest BCUT2D eigenvalue weighted by molar-refractivity contribution is -0.114.